The zero-order chi connectivity index (χ0) is 13.8. The molecule has 0 aromatic rings. The Morgan fingerprint density at radius 3 is 2.89 bits per heavy atom. The molecule has 0 radical (unpaired) electrons. The molecule has 2 fully saturated rings. The molecule has 4 heteroatoms. The van der Waals surface area contributed by atoms with Crippen molar-refractivity contribution in [3.05, 3.63) is 0 Å². The van der Waals surface area contributed by atoms with Gasteiger partial charge < -0.3 is 15.1 Å². The number of nitrogens with one attached hydrogen (secondary N) is 1. The van der Waals surface area contributed by atoms with Gasteiger partial charge in [-0.15, -0.1) is 0 Å². The summed E-state index contributed by atoms with van der Waals surface area (Å²) in [6.45, 7) is 5.41. The molecule has 3 atom stereocenters. The van der Waals surface area contributed by atoms with E-state index in [-0.39, 0.29) is 6.04 Å². The number of rotatable bonds is 3. The second-order valence-corrected chi connectivity index (χ2v) is 6.31. The van der Waals surface area contributed by atoms with Crippen molar-refractivity contribution in [3.63, 3.8) is 0 Å². The Balaban J connectivity index is 1.90. The van der Waals surface area contributed by atoms with E-state index in [9.17, 15) is 4.79 Å². The van der Waals surface area contributed by atoms with Crippen molar-refractivity contribution in [1.29, 1.82) is 0 Å². The maximum absolute atomic E-state index is 12.6. The fourth-order valence-corrected chi connectivity index (χ4v) is 3.44. The van der Waals surface area contributed by atoms with Crippen LogP contribution in [0, 0.1) is 5.92 Å². The lowest BCUT2D eigenvalue weighted by Crippen LogP contribution is -2.54. The van der Waals surface area contributed by atoms with Crippen LogP contribution in [0.4, 0.5) is 0 Å². The average Bonchev–Trinajstić information content (AvgIpc) is 2.45. The highest BCUT2D eigenvalue weighted by Crippen LogP contribution is 2.22. The Bertz CT molecular complexity index is 308. The molecular weight excluding hydrogens is 238 g/mol. The van der Waals surface area contributed by atoms with E-state index in [4.69, 9.17) is 0 Å². The van der Waals surface area contributed by atoms with Crippen LogP contribution in [0.2, 0.25) is 0 Å². The van der Waals surface area contributed by atoms with Crippen molar-refractivity contribution >= 4 is 5.91 Å². The number of carbonyl (C=O) groups excluding carboxylic acids is 1. The van der Waals surface area contributed by atoms with Crippen molar-refractivity contribution in [2.75, 3.05) is 33.7 Å². The van der Waals surface area contributed by atoms with E-state index in [1.54, 1.807) is 0 Å². The highest BCUT2D eigenvalue weighted by molar-refractivity contribution is 5.82. The van der Waals surface area contributed by atoms with E-state index in [1.807, 2.05) is 11.9 Å². The molecule has 2 aliphatic heterocycles. The maximum atomic E-state index is 12.6. The molecule has 1 amide bonds. The SMILES string of the molecule is CCC1CCNC(C(=O)N(C)C2CCCN(C)C2)C1. The van der Waals surface area contributed by atoms with Gasteiger partial charge in [-0.05, 0) is 51.7 Å². The zero-order valence-electron chi connectivity index (χ0n) is 12.7. The smallest absolute Gasteiger partial charge is 0.239 e. The molecule has 0 aromatic heterocycles. The van der Waals surface area contributed by atoms with Crippen LogP contribution in [0.3, 0.4) is 0 Å². The number of amides is 1. The largest absolute Gasteiger partial charge is 0.340 e. The number of likely N-dealkylation sites (N-methyl/N-ethyl adjacent to an activating group) is 2. The van der Waals surface area contributed by atoms with Gasteiger partial charge in [0.15, 0.2) is 0 Å². The molecule has 2 aliphatic rings. The highest BCUT2D eigenvalue weighted by Gasteiger charge is 2.32. The predicted molar refractivity (Wildman–Crippen MR) is 78.1 cm³/mol. The first kappa shape index (κ1) is 14.8. The lowest BCUT2D eigenvalue weighted by molar-refractivity contribution is -0.136. The van der Waals surface area contributed by atoms with E-state index in [2.05, 4.69) is 24.2 Å². The first-order valence-electron chi connectivity index (χ1n) is 7.80. The zero-order valence-corrected chi connectivity index (χ0v) is 12.7. The molecule has 0 bridgehead atoms. The molecule has 4 nitrogen and oxygen atoms in total. The van der Waals surface area contributed by atoms with Gasteiger partial charge in [0.25, 0.3) is 0 Å². The first-order valence-corrected chi connectivity index (χ1v) is 7.80. The van der Waals surface area contributed by atoms with Gasteiger partial charge in [0.05, 0.1) is 6.04 Å². The summed E-state index contributed by atoms with van der Waals surface area (Å²) in [6.07, 6.45) is 5.78. The Morgan fingerprint density at radius 2 is 2.21 bits per heavy atom. The van der Waals surface area contributed by atoms with Crippen LogP contribution in [0.15, 0.2) is 0 Å². The number of hydrogen-bond donors (Lipinski definition) is 1. The Morgan fingerprint density at radius 1 is 1.42 bits per heavy atom. The summed E-state index contributed by atoms with van der Waals surface area (Å²) in [5.41, 5.74) is 0. The average molecular weight is 267 g/mol. The molecular formula is C15H29N3O. The van der Waals surface area contributed by atoms with Crippen molar-refractivity contribution in [3.8, 4) is 0 Å². The lowest BCUT2D eigenvalue weighted by atomic mass is 9.89. The third-order valence-corrected chi connectivity index (χ3v) is 4.88. The maximum Gasteiger partial charge on any atom is 0.239 e. The van der Waals surface area contributed by atoms with Crippen LogP contribution in [0.5, 0.6) is 0 Å². The van der Waals surface area contributed by atoms with Crippen LogP contribution in [-0.4, -0.2) is 61.5 Å². The van der Waals surface area contributed by atoms with Gasteiger partial charge in [-0.25, -0.2) is 0 Å². The molecule has 0 aromatic carbocycles. The van der Waals surface area contributed by atoms with Crippen LogP contribution < -0.4 is 5.32 Å². The standard InChI is InChI=1S/C15H29N3O/c1-4-12-7-8-16-14(10-12)15(19)18(3)13-6-5-9-17(2)11-13/h12-14,16H,4-11H2,1-3H3. The van der Waals surface area contributed by atoms with Crippen molar-refractivity contribution in [2.45, 2.75) is 51.1 Å². The van der Waals surface area contributed by atoms with Crippen molar-refractivity contribution in [2.24, 2.45) is 5.92 Å². The molecule has 0 spiro atoms. The van der Waals surface area contributed by atoms with Gasteiger partial charge in [0.1, 0.15) is 0 Å². The third kappa shape index (κ3) is 3.69. The summed E-state index contributed by atoms with van der Waals surface area (Å²) in [4.78, 5) is 17.0. The topological polar surface area (TPSA) is 35.6 Å². The second kappa shape index (κ2) is 6.71. The summed E-state index contributed by atoms with van der Waals surface area (Å²) >= 11 is 0. The molecule has 19 heavy (non-hydrogen) atoms. The Kier molecular flexibility index (Phi) is 5.22. The molecule has 2 saturated heterocycles. The van der Waals surface area contributed by atoms with Gasteiger partial charge >= 0.3 is 0 Å². The van der Waals surface area contributed by atoms with Crippen LogP contribution in [-0.2, 0) is 4.79 Å². The van der Waals surface area contributed by atoms with Gasteiger partial charge in [-0.2, -0.15) is 0 Å². The van der Waals surface area contributed by atoms with Crippen LogP contribution in [0.1, 0.15) is 39.0 Å². The van der Waals surface area contributed by atoms with Crippen molar-refractivity contribution < 1.29 is 4.79 Å². The fraction of sp³-hybridized carbons (Fsp3) is 0.933. The number of carbonyl (C=O) groups is 1. The van der Waals surface area contributed by atoms with E-state index in [1.165, 1.54) is 19.3 Å². The van der Waals surface area contributed by atoms with Crippen LogP contribution in [0.25, 0.3) is 0 Å². The Hall–Kier alpha value is -0.610. The van der Waals surface area contributed by atoms with E-state index in [0.29, 0.717) is 11.9 Å². The number of likely N-dealkylation sites (tertiary alicyclic amines) is 1. The summed E-state index contributed by atoms with van der Waals surface area (Å²) in [6, 6.07) is 0.450. The van der Waals surface area contributed by atoms with E-state index >= 15 is 0 Å². The van der Waals surface area contributed by atoms with E-state index < -0.39 is 0 Å². The number of nitrogens with zero attached hydrogens (tertiary/aromatic N) is 2. The summed E-state index contributed by atoms with van der Waals surface area (Å²) < 4.78 is 0. The minimum Gasteiger partial charge on any atom is -0.340 e. The third-order valence-electron chi connectivity index (χ3n) is 4.88. The van der Waals surface area contributed by atoms with E-state index in [0.717, 1.165) is 38.4 Å². The molecule has 2 rings (SSSR count). The summed E-state index contributed by atoms with van der Waals surface area (Å²) in [5, 5.41) is 3.41. The summed E-state index contributed by atoms with van der Waals surface area (Å²) in [5.74, 6) is 1.02. The highest BCUT2D eigenvalue weighted by atomic mass is 16.2. The van der Waals surface area contributed by atoms with Gasteiger partial charge in [-0.3, -0.25) is 4.79 Å². The lowest BCUT2D eigenvalue weighted by Gasteiger charge is -2.39. The molecule has 3 unspecified atom stereocenters. The Labute approximate surface area is 117 Å². The minimum absolute atomic E-state index is 0.0518. The molecule has 1 N–H and O–H groups in total. The second-order valence-electron chi connectivity index (χ2n) is 6.31. The van der Waals surface area contributed by atoms with Gasteiger partial charge in [0.2, 0.25) is 5.91 Å². The number of hydrogen-bond acceptors (Lipinski definition) is 3. The molecule has 110 valence electrons. The first-order chi connectivity index (χ1) is 9.11. The molecule has 2 heterocycles. The molecule has 0 saturated carbocycles. The quantitative estimate of drug-likeness (QED) is 0.837. The van der Waals surface area contributed by atoms with Gasteiger partial charge in [0, 0.05) is 19.6 Å². The minimum atomic E-state index is 0.0518. The van der Waals surface area contributed by atoms with Crippen LogP contribution >= 0.6 is 0 Å². The van der Waals surface area contributed by atoms with Crippen molar-refractivity contribution in [1.82, 2.24) is 15.1 Å². The molecule has 0 aliphatic carbocycles. The fourth-order valence-electron chi connectivity index (χ4n) is 3.44. The summed E-state index contributed by atoms with van der Waals surface area (Å²) in [7, 11) is 4.14. The predicted octanol–water partition coefficient (Wildman–Crippen LogP) is 1.32. The monoisotopic (exact) mass is 267 g/mol. The number of piperidine rings is 2. The normalized spacial score (nSPS) is 33.1. The van der Waals surface area contributed by atoms with Gasteiger partial charge in [-0.1, -0.05) is 13.3 Å².